The number of ether oxygens (including phenoxy) is 5. The molecule has 7 aliphatic carbocycles. The Kier molecular flexibility index (Phi) is 10.9. The van der Waals surface area contributed by atoms with Crippen LogP contribution in [0.2, 0.25) is 0 Å². The predicted molar refractivity (Wildman–Crippen MR) is 220 cm³/mol. The minimum absolute atomic E-state index is 0.000977. The predicted octanol–water partition coefficient (Wildman–Crippen LogP) is 3.53. The molecule has 1 saturated heterocycles. The minimum atomic E-state index is -2.01. The van der Waals surface area contributed by atoms with E-state index in [2.05, 4.69) is 0 Å². The van der Waals surface area contributed by atoms with Crippen LogP contribution in [0.3, 0.4) is 0 Å². The largest absolute Gasteiger partial charge is 0.462 e. The van der Waals surface area contributed by atoms with E-state index in [0.717, 1.165) is 0 Å². The number of ketones is 3. The Balaban J connectivity index is 1.27. The monoisotopic (exact) mass is 898 g/mol. The average Bonchev–Trinajstić information content (AvgIpc) is 3.32. The zero-order valence-electron chi connectivity index (χ0n) is 38.7. The second-order valence-corrected chi connectivity index (χ2v) is 22.8. The molecule has 7 saturated carbocycles. The number of carbonyl (C=O) groups excluding carboxylic acids is 8. The lowest BCUT2D eigenvalue weighted by molar-refractivity contribution is -0.289. The number of aliphatic hydroxyl groups is 3. The van der Waals surface area contributed by atoms with Crippen LogP contribution in [0.1, 0.15) is 133 Å². The molecule has 8 rings (SSSR count). The van der Waals surface area contributed by atoms with Gasteiger partial charge in [-0.1, -0.05) is 41.5 Å². The molecular weight excluding hydrogens is 833 g/mol. The Morgan fingerprint density at radius 3 is 1.67 bits per heavy atom. The third kappa shape index (κ3) is 6.21. The Bertz CT molecular complexity index is 2080. The normalized spacial score (nSPS) is 48.7. The standard InChI is InChI=1S/C48H66O16/c1-21(49)60-30-13-25-17-47(20-29(55)37-43(7,8)35(63-24(4)52)16-33(57)45(37,10)39(30)47)41(59)64-48(12-11-27(25)53)26-14-31(61-22(2)50)38-44(9)32(56)15-34(62-23(3)51)42(5,6)36(44)28(54)19-46(38,18-26)40(48)58/h25-26,29-39,55-57H,11-20H2,1-10H3/t25-,26-,29-,30-,31-,32-,33-,34-,35-,36+,37+,38-,39-,44+,45+,46-,47-,48-/m0/s1. The van der Waals surface area contributed by atoms with E-state index in [0.29, 0.717) is 0 Å². The molecule has 8 fully saturated rings. The van der Waals surface area contributed by atoms with Gasteiger partial charge < -0.3 is 39.0 Å². The van der Waals surface area contributed by atoms with Crippen molar-refractivity contribution in [2.24, 2.45) is 68.0 Å². The Hall–Kier alpha value is -3.76. The number of hydrogen-bond donors (Lipinski definition) is 3. The molecule has 16 nitrogen and oxygen atoms in total. The molecule has 0 radical (unpaired) electrons. The second kappa shape index (κ2) is 14.9. The highest BCUT2D eigenvalue weighted by Gasteiger charge is 2.81. The molecule has 0 aromatic carbocycles. The molecular formula is C48H66O16. The SMILES string of the molecule is CC(=O)O[C@H]1C[C@H]2C[C@@]3(CC(=O)[C@@H]4C(C)(C)[C@@H](OC(C)=O)C[C@H](O)[C@@]4(C)[C@H]13)C(=O)[C@]21CCC(=O)[C@H]2C[C@H](OC(C)=O)[C@@H]3[C@](C2)(C[C@H](O)[C@@H]2C(C)(C)[C@@H](OC(C)=O)C[C@H](O)[C@]23C)C(=O)O1. The maximum absolute atomic E-state index is 16.1. The zero-order chi connectivity index (χ0) is 47.2. The molecule has 354 valence electrons. The second-order valence-electron chi connectivity index (χ2n) is 22.8. The highest BCUT2D eigenvalue weighted by atomic mass is 16.6. The van der Waals surface area contributed by atoms with Crippen LogP contribution in [0.5, 0.6) is 0 Å². The van der Waals surface area contributed by atoms with E-state index >= 15 is 9.59 Å². The number of fused-ring (bicyclic) bond motifs is 7. The summed E-state index contributed by atoms with van der Waals surface area (Å²) in [4.78, 5) is 112. The highest BCUT2D eigenvalue weighted by Crippen LogP contribution is 2.74. The number of carbonyl (C=O) groups is 8. The minimum Gasteiger partial charge on any atom is -0.462 e. The molecule has 0 amide bonds. The van der Waals surface area contributed by atoms with E-state index in [9.17, 15) is 44.1 Å². The molecule has 1 heterocycles. The number of rotatable bonds is 4. The molecule has 1 aliphatic heterocycles. The molecule has 3 N–H and O–H groups in total. The van der Waals surface area contributed by atoms with Gasteiger partial charge in [0, 0.05) is 122 Å². The Labute approximate surface area is 373 Å². The van der Waals surface area contributed by atoms with Gasteiger partial charge in [-0.25, -0.2) is 0 Å². The first-order valence-electron chi connectivity index (χ1n) is 23.1. The number of esters is 5. The molecule has 0 aromatic heterocycles. The fourth-order valence-corrected chi connectivity index (χ4v) is 17.1. The number of aliphatic hydroxyl groups excluding tert-OH is 3. The first-order chi connectivity index (χ1) is 29.5. The van der Waals surface area contributed by atoms with Gasteiger partial charge in [-0.15, -0.1) is 0 Å². The fraction of sp³-hybridized carbons (Fsp3) is 0.833. The van der Waals surface area contributed by atoms with Crippen LogP contribution in [-0.2, 0) is 62.0 Å². The molecule has 3 spiro atoms. The van der Waals surface area contributed by atoms with Crippen LogP contribution < -0.4 is 0 Å². The summed E-state index contributed by atoms with van der Waals surface area (Å²) in [5.41, 5.74) is -10.2. The van der Waals surface area contributed by atoms with Crippen molar-refractivity contribution in [3.63, 3.8) is 0 Å². The summed E-state index contributed by atoms with van der Waals surface area (Å²) in [7, 11) is 0. The van der Waals surface area contributed by atoms with Gasteiger partial charge in [0.1, 0.15) is 36.0 Å². The smallest absolute Gasteiger partial charge is 0.313 e. The summed E-state index contributed by atoms with van der Waals surface area (Å²) in [5.74, 6) is -10.1. The van der Waals surface area contributed by atoms with E-state index in [1.807, 2.05) is 13.8 Å². The summed E-state index contributed by atoms with van der Waals surface area (Å²) < 4.78 is 30.4. The van der Waals surface area contributed by atoms with Crippen molar-refractivity contribution in [2.75, 3.05) is 0 Å². The maximum Gasteiger partial charge on any atom is 0.313 e. The molecule has 18 atom stereocenters. The van der Waals surface area contributed by atoms with Gasteiger partial charge in [0.2, 0.25) is 0 Å². The van der Waals surface area contributed by atoms with Crippen molar-refractivity contribution < 1.29 is 77.4 Å². The average molecular weight is 899 g/mol. The first-order valence-corrected chi connectivity index (χ1v) is 23.1. The highest BCUT2D eigenvalue weighted by molar-refractivity contribution is 6.03. The summed E-state index contributed by atoms with van der Waals surface area (Å²) in [6.07, 6.45) is -9.02. The van der Waals surface area contributed by atoms with Crippen LogP contribution >= 0.6 is 0 Å². The molecule has 16 heteroatoms. The third-order valence-corrected chi connectivity index (χ3v) is 18.7. The van der Waals surface area contributed by atoms with Crippen molar-refractivity contribution in [1.82, 2.24) is 0 Å². The summed E-state index contributed by atoms with van der Waals surface area (Å²) in [5, 5.41) is 37.1. The molecule has 4 bridgehead atoms. The third-order valence-electron chi connectivity index (χ3n) is 18.7. The topological polar surface area (TPSA) is 243 Å². The van der Waals surface area contributed by atoms with Crippen molar-refractivity contribution in [3.8, 4) is 0 Å². The zero-order valence-corrected chi connectivity index (χ0v) is 38.7. The summed E-state index contributed by atoms with van der Waals surface area (Å²) in [6.45, 7) is 15.7. The molecule has 64 heavy (non-hydrogen) atoms. The lowest BCUT2D eigenvalue weighted by Gasteiger charge is -2.68. The van der Waals surface area contributed by atoms with Gasteiger partial charge in [0.05, 0.1) is 23.7 Å². The van der Waals surface area contributed by atoms with Crippen molar-refractivity contribution in [1.29, 1.82) is 0 Å². The molecule has 8 aliphatic rings. The quantitative estimate of drug-likeness (QED) is 0.270. The van der Waals surface area contributed by atoms with Crippen molar-refractivity contribution in [3.05, 3.63) is 0 Å². The van der Waals surface area contributed by atoms with Crippen molar-refractivity contribution >= 4 is 47.2 Å². The van der Waals surface area contributed by atoms with Crippen LogP contribution in [0.4, 0.5) is 0 Å². The summed E-state index contributed by atoms with van der Waals surface area (Å²) >= 11 is 0. The van der Waals surface area contributed by atoms with Crippen LogP contribution in [0.15, 0.2) is 0 Å². The number of Topliss-reactive ketones (excluding diaryl/α,β-unsaturated/α-hetero) is 3. The van der Waals surface area contributed by atoms with Gasteiger partial charge in [-0.3, -0.25) is 38.4 Å². The Morgan fingerprint density at radius 2 is 1.11 bits per heavy atom. The first kappa shape index (κ1) is 46.8. The van der Waals surface area contributed by atoms with E-state index in [1.54, 1.807) is 27.7 Å². The molecule has 0 unspecified atom stereocenters. The van der Waals surface area contributed by atoms with Crippen LogP contribution in [0, 0.1) is 68.0 Å². The van der Waals surface area contributed by atoms with Crippen LogP contribution in [0.25, 0.3) is 0 Å². The van der Waals surface area contributed by atoms with Crippen LogP contribution in [-0.4, -0.2) is 111 Å². The number of hydrogen-bond acceptors (Lipinski definition) is 16. The maximum atomic E-state index is 16.1. The summed E-state index contributed by atoms with van der Waals surface area (Å²) in [6, 6.07) is 0. The lowest BCUT2D eigenvalue weighted by atomic mass is 9.37. The van der Waals surface area contributed by atoms with Gasteiger partial charge in [-0.05, 0) is 32.1 Å². The van der Waals surface area contributed by atoms with Gasteiger partial charge >= 0.3 is 29.8 Å². The fourth-order valence-electron chi connectivity index (χ4n) is 17.1. The van der Waals surface area contributed by atoms with E-state index in [4.69, 9.17) is 23.7 Å². The van der Waals surface area contributed by atoms with Gasteiger partial charge in [0.25, 0.3) is 0 Å². The Morgan fingerprint density at radius 1 is 0.594 bits per heavy atom. The lowest BCUT2D eigenvalue weighted by Crippen LogP contribution is -2.73. The van der Waals surface area contributed by atoms with E-state index in [-0.39, 0.29) is 75.8 Å². The van der Waals surface area contributed by atoms with Gasteiger partial charge in [0.15, 0.2) is 11.4 Å². The van der Waals surface area contributed by atoms with Crippen molar-refractivity contribution in [2.45, 2.75) is 182 Å². The van der Waals surface area contributed by atoms with E-state index < -0.39 is 152 Å². The van der Waals surface area contributed by atoms with Gasteiger partial charge in [-0.2, -0.15) is 0 Å². The van der Waals surface area contributed by atoms with E-state index in [1.165, 1.54) is 27.7 Å². The molecule has 0 aromatic rings.